The van der Waals surface area contributed by atoms with Gasteiger partial charge in [0, 0.05) is 19.9 Å². The van der Waals surface area contributed by atoms with Gasteiger partial charge in [-0.3, -0.25) is 9.59 Å². The summed E-state index contributed by atoms with van der Waals surface area (Å²) in [5, 5.41) is 2.52. The molecule has 1 aromatic rings. The number of nitrogens with one attached hydrogen (secondary N) is 1. The van der Waals surface area contributed by atoms with Crippen LogP contribution in [0.25, 0.3) is 0 Å². The van der Waals surface area contributed by atoms with Crippen molar-refractivity contribution >= 4 is 11.7 Å². The fourth-order valence-corrected chi connectivity index (χ4v) is 1.28. The molecule has 4 heteroatoms. The van der Waals surface area contributed by atoms with Crippen LogP contribution in [0.3, 0.4) is 0 Å². The molecule has 4 nitrogen and oxygen atoms in total. The lowest BCUT2D eigenvalue weighted by Crippen LogP contribution is -2.22. The molecular formula is C15H23NO3. The molecule has 0 saturated carbocycles. The first-order chi connectivity index (χ1) is 8.99. The van der Waals surface area contributed by atoms with Crippen molar-refractivity contribution in [2.75, 3.05) is 13.7 Å². The van der Waals surface area contributed by atoms with Gasteiger partial charge in [0.05, 0.1) is 7.11 Å². The maximum atomic E-state index is 10.3. The summed E-state index contributed by atoms with van der Waals surface area (Å²) in [5.74, 6) is 0.942. The summed E-state index contributed by atoms with van der Waals surface area (Å²) in [6, 6.07) is 8.13. The average Bonchev–Trinajstić information content (AvgIpc) is 2.38. The number of methoxy groups -OCH3 is 1. The van der Waals surface area contributed by atoms with E-state index in [0.29, 0.717) is 13.0 Å². The van der Waals surface area contributed by atoms with E-state index in [1.165, 1.54) is 19.4 Å². The van der Waals surface area contributed by atoms with Crippen molar-refractivity contribution in [3.63, 3.8) is 0 Å². The van der Waals surface area contributed by atoms with E-state index < -0.39 is 0 Å². The van der Waals surface area contributed by atoms with E-state index in [0.717, 1.165) is 12.2 Å². The zero-order valence-electron chi connectivity index (χ0n) is 12.2. The molecule has 0 saturated heterocycles. The van der Waals surface area contributed by atoms with Gasteiger partial charge in [-0.05, 0) is 31.0 Å². The predicted molar refractivity (Wildman–Crippen MR) is 76.4 cm³/mol. The first-order valence-corrected chi connectivity index (χ1v) is 6.36. The third-order valence-corrected chi connectivity index (χ3v) is 2.42. The molecule has 0 aromatic heterocycles. The van der Waals surface area contributed by atoms with Gasteiger partial charge in [0.15, 0.2) is 0 Å². The zero-order valence-corrected chi connectivity index (χ0v) is 12.2. The molecular weight excluding hydrogens is 242 g/mol. The molecule has 19 heavy (non-hydrogen) atoms. The highest BCUT2D eigenvalue weighted by Gasteiger charge is 1.92. The molecule has 0 spiro atoms. The van der Waals surface area contributed by atoms with Crippen LogP contribution in [0.15, 0.2) is 24.3 Å². The molecule has 0 fully saturated rings. The largest absolute Gasteiger partial charge is 0.497 e. The number of hydrogen-bond acceptors (Lipinski definition) is 3. The Morgan fingerprint density at radius 3 is 2.11 bits per heavy atom. The second-order valence-electron chi connectivity index (χ2n) is 4.14. The van der Waals surface area contributed by atoms with Crippen LogP contribution in [0.2, 0.25) is 0 Å². The van der Waals surface area contributed by atoms with Gasteiger partial charge in [-0.1, -0.05) is 19.1 Å². The number of carbonyl (C=O) groups excluding carboxylic acids is 2. The van der Waals surface area contributed by atoms with E-state index in [-0.39, 0.29) is 11.7 Å². The van der Waals surface area contributed by atoms with Gasteiger partial charge >= 0.3 is 0 Å². The number of carbonyl (C=O) groups is 2. The molecule has 0 bridgehead atoms. The summed E-state index contributed by atoms with van der Waals surface area (Å²) in [4.78, 5) is 20.5. The van der Waals surface area contributed by atoms with Crippen LogP contribution in [0.1, 0.15) is 32.8 Å². The fourth-order valence-electron chi connectivity index (χ4n) is 1.28. The predicted octanol–water partition coefficient (Wildman–Crippen LogP) is 2.36. The van der Waals surface area contributed by atoms with Crippen LogP contribution in [0.5, 0.6) is 5.75 Å². The summed E-state index contributed by atoms with van der Waals surface area (Å²) < 4.78 is 5.01. The maximum Gasteiger partial charge on any atom is 0.216 e. The van der Waals surface area contributed by atoms with Crippen LogP contribution in [-0.4, -0.2) is 25.3 Å². The molecule has 106 valence electrons. The summed E-state index contributed by atoms with van der Waals surface area (Å²) in [5.41, 5.74) is 1.35. The molecule has 0 unspecified atom stereocenters. The van der Waals surface area contributed by atoms with Gasteiger partial charge in [-0.2, -0.15) is 0 Å². The Morgan fingerprint density at radius 2 is 1.74 bits per heavy atom. The minimum atomic E-state index is -0.0868. The Hall–Kier alpha value is -1.84. The number of amides is 1. The number of ether oxygens (including phenoxy) is 1. The normalized spacial score (nSPS) is 9.05. The van der Waals surface area contributed by atoms with Crippen molar-refractivity contribution in [3.8, 4) is 5.75 Å². The van der Waals surface area contributed by atoms with Crippen LogP contribution in [-0.2, 0) is 16.0 Å². The summed E-state index contributed by atoms with van der Waals surface area (Å²) in [7, 11) is 1.68. The van der Waals surface area contributed by atoms with Crippen molar-refractivity contribution in [1.82, 2.24) is 5.32 Å². The van der Waals surface area contributed by atoms with Crippen molar-refractivity contribution in [2.45, 2.75) is 33.6 Å². The van der Waals surface area contributed by atoms with Gasteiger partial charge in [0.25, 0.3) is 0 Å². The second kappa shape index (κ2) is 10.1. The van der Waals surface area contributed by atoms with Gasteiger partial charge in [-0.25, -0.2) is 0 Å². The summed E-state index contributed by atoms with van der Waals surface area (Å²) in [6.07, 6.45) is 1.52. The van der Waals surface area contributed by atoms with Gasteiger partial charge in [0.2, 0.25) is 5.91 Å². The first kappa shape index (κ1) is 17.2. The average molecular weight is 265 g/mol. The van der Waals surface area contributed by atoms with E-state index in [1.807, 2.05) is 12.1 Å². The lowest BCUT2D eigenvalue weighted by atomic mass is 10.2. The van der Waals surface area contributed by atoms with Crippen molar-refractivity contribution in [1.29, 1.82) is 0 Å². The number of aryl methyl sites for hydroxylation is 1. The highest BCUT2D eigenvalue weighted by atomic mass is 16.5. The Kier molecular flexibility index (Phi) is 9.14. The number of hydrogen-bond donors (Lipinski definition) is 1. The summed E-state index contributed by atoms with van der Waals surface area (Å²) >= 11 is 0. The quantitative estimate of drug-likeness (QED) is 0.889. The van der Waals surface area contributed by atoms with E-state index >= 15 is 0 Å². The Labute approximate surface area is 115 Å². The zero-order chi connectivity index (χ0) is 14.7. The topological polar surface area (TPSA) is 55.4 Å². The number of Topliss-reactive ketones (excluding diaryl/α,β-unsaturated/α-hetero) is 1. The Morgan fingerprint density at radius 1 is 1.16 bits per heavy atom. The molecule has 1 amide bonds. The lowest BCUT2D eigenvalue weighted by Gasteiger charge is -1.99. The molecule has 0 aliphatic heterocycles. The third kappa shape index (κ3) is 9.83. The van der Waals surface area contributed by atoms with Crippen LogP contribution < -0.4 is 10.1 Å². The standard InChI is InChI=1S/C9H12O.C6H11NO2/c1-3-8-4-6-9(10-2)7-5-8;1-5(8)3-4-7-6(2)9/h4-7H,3H2,1-2H3;3-4H2,1-2H3,(H,7,9). The minimum absolute atomic E-state index is 0.0868. The second-order valence-corrected chi connectivity index (χ2v) is 4.14. The lowest BCUT2D eigenvalue weighted by molar-refractivity contribution is -0.119. The minimum Gasteiger partial charge on any atom is -0.497 e. The SMILES string of the molecule is CC(=O)CCNC(C)=O.CCc1ccc(OC)cc1. The smallest absolute Gasteiger partial charge is 0.216 e. The highest BCUT2D eigenvalue weighted by Crippen LogP contribution is 2.10. The molecule has 1 aromatic carbocycles. The van der Waals surface area contributed by atoms with Crippen LogP contribution in [0.4, 0.5) is 0 Å². The molecule has 1 rings (SSSR count). The van der Waals surface area contributed by atoms with E-state index in [4.69, 9.17) is 4.74 Å². The molecule has 0 aliphatic carbocycles. The molecule has 0 aliphatic rings. The van der Waals surface area contributed by atoms with Crippen molar-refractivity contribution in [2.24, 2.45) is 0 Å². The van der Waals surface area contributed by atoms with Crippen molar-refractivity contribution < 1.29 is 14.3 Å². The molecule has 0 atom stereocenters. The Bertz CT molecular complexity index is 348. The number of rotatable bonds is 5. The van der Waals surface area contributed by atoms with Crippen molar-refractivity contribution in [3.05, 3.63) is 29.8 Å². The van der Waals surface area contributed by atoms with E-state index in [9.17, 15) is 9.59 Å². The molecule has 0 radical (unpaired) electrons. The van der Waals surface area contributed by atoms with Gasteiger partial charge in [-0.15, -0.1) is 0 Å². The van der Waals surface area contributed by atoms with Gasteiger partial charge < -0.3 is 10.1 Å². The van der Waals surface area contributed by atoms with E-state index in [1.54, 1.807) is 7.11 Å². The van der Waals surface area contributed by atoms with Crippen LogP contribution in [0, 0.1) is 0 Å². The first-order valence-electron chi connectivity index (χ1n) is 6.36. The number of ketones is 1. The monoisotopic (exact) mass is 265 g/mol. The van der Waals surface area contributed by atoms with Crippen LogP contribution >= 0.6 is 0 Å². The molecule has 1 N–H and O–H groups in total. The van der Waals surface area contributed by atoms with E-state index in [2.05, 4.69) is 24.4 Å². The maximum absolute atomic E-state index is 10.3. The van der Waals surface area contributed by atoms with Gasteiger partial charge in [0.1, 0.15) is 11.5 Å². The number of benzene rings is 1. The highest BCUT2D eigenvalue weighted by molar-refractivity contribution is 5.77. The summed E-state index contributed by atoms with van der Waals surface area (Å²) in [6.45, 7) is 5.54. The Balaban J connectivity index is 0.000000344. The molecule has 0 heterocycles. The fraction of sp³-hybridized carbons (Fsp3) is 0.467. The third-order valence-electron chi connectivity index (χ3n) is 2.42.